The summed E-state index contributed by atoms with van der Waals surface area (Å²) in [6, 6.07) is 0. The number of aromatic carboxylic acids is 1. The van der Waals surface area contributed by atoms with Crippen molar-refractivity contribution in [2.24, 2.45) is 0 Å². The molecule has 0 amide bonds. The van der Waals surface area contributed by atoms with Crippen molar-refractivity contribution in [3.05, 3.63) is 23.3 Å². The standard InChI is InChI=1S/C12H15F3N2O3/c1-4-11(3,20-5-2)10-16-6-7(9(18)19)8(17-10)12(13,14)15/h6H,4-5H2,1-3H3,(H,18,19). The number of ether oxygens (including phenoxy) is 1. The number of hydrogen-bond donors (Lipinski definition) is 1. The minimum absolute atomic E-state index is 0.181. The Bertz CT molecular complexity index is 505. The lowest BCUT2D eigenvalue weighted by Crippen LogP contribution is -2.30. The molecule has 0 saturated heterocycles. The van der Waals surface area contributed by atoms with Gasteiger partial charge in [0.1, 0.15) is 11.2 Å². The van der Waals surface area contributed by atoms with Gasteiger partial charge in [-0.25, -0.2) is 14.8 Å². The van der Waals surface area contributed by atoms with Gasteiger partial charge in [-0.2, -0.15) is 13.2 Å². The Morgan fingerprint density at radius 3 is 2.40 bits per heavy atom. The smallest absolute Gasteiger partial charge is 0.434 e. The summed E-state index contributed by atoms with van der Waals surface area (Å²) in [4.78, 5) is 17.9. The summed E-state index contributed by atoms with van der Waals surface area (Å²) in [7, 11) is 0. The van der Waals surface area contributed by atoms with Crippen LogP contribution in [0, 0.1) is 0 Å². The molecule has 0 aliphatic carbocycles. The number of rotatable bonds is 5. The van der Waals surface area contributed by atoms with Crippen LogP contribution in [-0.2, 0) is 16.5 Å². The van der Waals surface area contributed by atoms with Crippen molar-refractivity contribution in [3.8, 4) is 0 Å². The predicted octanol–water partition coefficient (Wildman–Crippen LogP) is 2.86. The molecule has 1 atom stereocenters. The number of carbonyl (C=O) groups is 1. The van der Waals surface area contributed by atoms with Crippen LogP contribution in [0.5, 0.6) is 0 Å². The lowest BCUT2D eigenvalue weighted by molar-refractivity contribution is -0.142. The fourth-order valence-corrected chi connectivity index (χ4v) is 1.65. The highest BCUT2D eigenvalue weighted by molar-refractivity contribution is 5.88. The van der Waals surface area contributed by atoms with Crippen LogP contribution in [0.15, 0.2) is 6.20 Å². The lowest BCUT2D eigenvalue weighted by atomic mass is 10.0. The largest absolute Gasteiger partial charge is 0.478 e. The molecule has 1 unspecified atom stereocenters. The van der Waals surface area contributed by atoms with Gasteiger partial charge in [-0.05, 0) is 20.3 Å². The monoisotopic (exact) mass is 292 g/mol. The van der Waals surface area contributed by atoms with Crippen LogP contribution in [0.3, 0.4) is 0 Å². The second-order valence-corrected chi connectivity index (χ2v) is 4.28. The van der Waals surface area contributed by atoms with Crippen LogP contribution in [-0.4, -0.2) is 27.7 Å². The molecule has 1 N–H and O–H groups in total. The third-order valence-corrected chi connectivity index (χ3v) is 2.90. The van der Waals surface area contributed by atoms with Gasteiger partial charge >= 0.3 is 12.1 Å². The van der Waals surface area contributed by atoms with Crippen molar-refractivity contribution in [3.63, 3.8) is 0 Å². The Kier molecular flexibility index (Phi) is 4.69. The zero-order chi connectivity index (χ0) is 15.6. The van der Waals surface area contributed by atoms with Crippen LogP contribution < -0.4 is 0 Å². The molecule has 0 bridgehead atoms. The quantitative estimate of drug-likeness (QED) is 0.903. The summed E-state index contributed by atoms with van der Waals surface area (Å²) >= 11 is 0. The van der Waals surface area contributed by atoms with E-state index in [0.29, 0.717) is 12.6 Å². The summed E-state index contributed by atoms with van der Waals surface area (Å²) < 4.78 is 44.0. The van der Waals surface area contributed by atoms with E-state index in [1.165, 1.54) is 0 Å². The lowest BCUT2D eigenvalue weighted by Gasteiger charge is -2.27. The van der Waals surface area contributed by atoms with Gasteiger partial charge < -0.3 is 9.84 Å². The van der Waals surface area contributed by atoms with Gasteiger partial charge in [0.05, 0.1) is 0 Å². The van der Waals surface area contributed by atoms with E-state index in [1.54, 1.807) is 20.8 Å². The maximum Gasteiger partial charge on any atom is 0.434 e. The molecule has 1 rings (SSSR count). The third-order valence-electron chi connectivity index (χ3n) is 2.90. The summed E-state index contributed by atoms with van der Waals surface area (Å²) in [5, 5.41) is 8.77. The highest BCUT2D eigenvalue weighted by atomic mass is 19.4. The maximum absolute atomic E-state index is 12.9. The Balaban J connectivity index is 3.43. The minimum Gasteiger partial charge on any atom is -0.478 e. The Morgan fingerprint density at radius 2 is 2.00 bits per heavy atom. The van der Waals surface area contributed by atoms with Crippen molar-refractivity contribution in [2.75, 3.05) is 6.61 Å². The van der Waals surface area contributed by atoms with Gasteiger partial charge in [0, 0.05) is 12.8 Å². The van der Waals surface area contributed by atoms with E-state index in [0.717, 1.165) is 0 Å². The first-order chi connectivity index (χ1) is 9.15. The number of hydrogen-bond acceptors (Lipinski definition) is 4. The molecular formula is C12H15F3N2O3. The molecule has 1 heterocycles. The molecule has 0 fully saturated rings. The highest BCUT2D eigenvalue weighted by Crippen LogP contribution is 2.33. The molecule has 0 spiro atoms. The topological polar surface area (TPSA) is 72.3 Å². The van der Waals surface area contributed by atoms with Crippen molar-refractivity contribution in [1.29, 1.82) is 0 Å². The van der Waals surface area contributed by atoms with Crippen molar-refractivity contribution >= 4 is 5.97 Å². The highest BCUT2D eigenvalue weighted by Gasteiger charge is 2.40. The third kappa shape index (κ3) is 3.24. The van der Waals surface area contributed by atoms with E-state index in [4.69, 9.17) is 9.84 Å². The van der Waals surface area contributed by atoms with E-state index in [9.17, 15) is 18.0 Å². The van der Waals surface area contributed by atoms with Crippen LogP contribution >= 0.6 is 0 Å². The van der Waals surface area contributed by atoms with Crippen LogP contribution in [0.1, 0.15) is 49.1 Å². The van der Waals surface area contributed by atoms with Crippen LogP contribution in [0.2, 0.25) is 0 Å². The molecule has 0 aliphatic rings. The first kappa shape index (κ1) is 16.4. The van der Waals surface area contributed by atoms with E-state index < -0.39 is 29.0 Å². The number of aromatic nitrogens is 2. The molecule has 1 aromatic rings. The summed E-state index contributed by atoms with van der Waals surface area (Å²) in [6.07, 6.45) is -3.85. The summed E-state index contributed by atoms with van der Waals surface area (Å²) in [6.45, 7) is 5.25. The fourth-order valence-electron chi connectivity index (χ4n) is 1.65. The zero-order valence-electron chi connectivity index (χ0n) is 11.3. The van der Waals surface area contributed by atoms with Gasteiger partial charge in [-0.1, -0.05) is 6.92 Å². The Morgan fingerprint density at radius 1 is 1.40 bits per heavy atom. The molecule has 5 nitrogen and oxygen atoms in total. The molecule has 8 heteroatoms. The average Bonchev–Trinajstić information content (AvgIpc) is 2.37. The molecular weight excluding hydrogens is 277 g/mol. The number of carboxylic acids is 1. The molecule has 0 radical (unpaired) electrons. The Hall–Kier alpha value is -1.70. The van der Waals surface area contributed by atoms with Crippen molar-refractivity contribution in [2.45, 2.75) is 39.0 Å². The van der Waals surface area contributed by atoms with Gasteiger partial charge in [0.2, 0.25) is 0 Å². The molecule has 1 aromatic heterocycles. The maximum atomic E-state index is 12.9. The fraction of sp³-hybridized carbons (Fsp3) is 0.583. The first-order valence-corrected chi connectivity index (χ1v) is 5.97. The number of halogens is 3. The zero-order valence-corrected chi connectivity index (χ0v) is 11.3. The van der Waals surface area contributed by atoms with E-state index in [-0.39, 0.29) is 12.4 Å². The molecule has 0 aromatic carbocycles. The average molecular weight is 292 g/mol. The van der Waals surface area contributed by atoms with E-state index in [2.05, 4.69) is 9.97 Å². The number of carboxylic acid groups (broad SMARTS) is 1. The minimum atomic E-state index is -4.87. The van der Waals surface area contributed by atoms with Crippen molar-refractivity contribution < 1.29 is 27.8 Å². The molecule has 0 saturated carbocycles. The predicted molar refractivity (Wildman–Crippen MR) is 63.3 cm³/mol. The number of alkyl halides is 3. The Labute approximate surface area is 113 Å². The normalized spacial score (nSPS) is 14.9. The van der Waals surface area contributed by atoms with Crippen LogP contribution in [0.25, 0.3) is 0 Å². The molecule has 20 heavy (non-hydrogen) atoms. The second-order valence-electron chi connectivity index (χ2n) is 4.28. The van der Waals surface area contributed by atoms with E-state index in [1.807, 2.05) is 0 Å². The van der Waals surface area contributed by atoms with Crippen LogP contribution in [0.4, 0.5) is 13.2 Å². The van der Waals surface area contributed by atoms with Gasteiger partial charge in [-0.15, -0.1) is 0 Å². The van der Waals surface area contributed by atoms with E-state index >= 15 is 0 Å². The van der Waals surface area contributed by atoms with Gasteiger partial charge in [0.15, 0.2) is 11.5 Å². The van der Waals surface area contributed by atoms with Crippen molar-refractivity contribution in [1.82, 2.24) is 9.97 Å². The SMILES string of the molecule is CCOC(C)(CC)c1ncc(C(=O)O)c(C(F)(F)F)n1. The molecule has 0 aliphatic heterocycles. The molecule has 112 valence electrons. The van der Waals surface area contributed by atoms with Gasteiger partial charge in [-0.3, -0.25) is 0 Å². The number of nitrogens with zero attached hydrogens (tertiary/aromatic N) is 2. The second kappa shape index (κ2) is 5.74. The first-order valence-electron chi connectivity index (χ1n) is 5.97. The summed E-state index contributed by atoms with van der Waals surface area (Å²) in [5.41, 5.74) is -3.53. The van der Waals surface area contributed by atoms with Gasteiger partial charge in [0.25, 0.3) is 0 Å². The summed E-state index contributed by atoms with van der Waals surface area (Å²) in [5.74, 6) is -1.90.